The Morgan fingerprint density at radius 2 is 2.05 bits per heavy atom. The first-order chi connectivity index (χ1) is 9.63. The third kappa shape index (κ3) is 2.97. The minimum atomic E-state index is 0.710. The van der Waals surface area contributed by atoms with Gasteiger partial charge >= 0.3 is 0 Å². The van der Waals surface area contributed by atoms with Gasteiger partial charge < -0.3 is 10.1 Å². The molecule has 1 heterocycles. The van der Waals surface area contributed by atoms with Crippen molar-refractivity contribution in [2.45, 2.75) is 13.0 Å². The predicted molar refractivity (Wildman–Crippen MR) is 89.8 cm³/mol. The molecule has 0 atom stereocenters. The van der Waals surface area contributed by atoms with Crippen LogP contribution in [-0.2, 0) is 13.0 Å². The highest BCUT2D eigenvalue weighted by Crippen LogP contribution is 2.33. The van der Waals surface area contributed by atoms with Crippen molar-refractivity contribution in [1.29, 1.82) is 0 Å². The molecule has 0 saturated carbocycles. The van der Waals surface area contributed by atoms with Crippen LogP contribution in [-0.4, -0.2) is 6.61 Å². The van der Waals surface area contributed by atoms with E-state index in [-0.39, 0.29) is 0 Å². The lowest BCUT2D eigenvalue weighted by Gasteiger charge is -2.12. The minimum absolute atomic E-state index is 0.710. The van der Waals surface area contributed by atoms with Crippen LogP contribution in [0.3, 0.4) is 0 Å². The van der Waals surface area contributed by atoms with Gasteiger partial charge in [-0.2, -0.15) is 0 Å². The highest BCUT2D eigenvalue weighted by molar-refractivity contribution is 9.10. The molecular weight excluding hydrogens is 405 g/mol. The summed E-state index contributed by atoms with van der Waals surface area (Å²) in [5, 5.41) is 4.11. The van der Waals surface area contributed by atoms with Crippen molar-refractivity contribution in [3.05, 3.63) is 55.4 Å². The van der Waals surface area contributed by atoms with Crippen LogP contribution >= 0.6 is 43.5 Å². The summed E-state index contributed by atoms with van der Waals surface area (Å²) in [6, 6.07) is 10.0. The number of ether oxygens (including phenoxy) is 1. The fourth-order valence-electron chi connectivity index (χ4n) is 2.28. The molecule has 0 fully saturated rings. The summed E-state index contributed by atoms with van der Waals surface area (Å²) >= 11 is 13.0. The first-order valence-electron chi connectivity index (χ1n) is 6.26. The van der Waals surface area contributed by atoms with Gasteiger partial charge in [0.25, 0.3) is 0 Å². The fourth-order valence-corrected chi connectivity index (χ4v) is 3.33. The Balaban J connectivity index is 1.80. The van der Waals surface area contributed by atoms with E-state index in [1.165, 1.54) is 5.56 Å². The van der Waals surface area contributed by atoms with Gasteiger partial charge in [-0.3, -0.25) is 0 Å². The Bertz CT molecular complexity index is 661. The zero-order chi connectivity index (χ0) is 14.1. The molecule has 1 aliphatic rings. The summed E-state index contributed by atoms with van der Waals surface area (Å²) in [6.07, 6.45) is 0.980. The molecule has 104 valence electrons. The van der Waals surface area contributed by atoms with Crippen molar-refractivity contribution in [2.24, 2.45) is 0 Å². The number of hydrogen-bond acceptors (Lipinski definition) is 2. The van der Waals surface area contributed by atoms with Crippen molar-refractivity contribution < 1.29 is 4.74 Å². The zero-order valence-electron chi connectivity index (χ0n) is 10.6. The van der Waals surface area contributed by atoms with Crippen LogP contribution in [0.1, 0.15) is 11.1 Å². The summed E-state index contributed by atoms with van der Waals surface area (Å²) in [7, 11) is 0. The molecule has 5 heteroatoms. The van der Waals surface area contributed by atoms with Crippen molar-refractivity contribution in [2.75, 3.05) is 11.9 Å². The molecule has 0 bridgehead atoms. The average Bonchev–Trinajstić information content (AvgIpc) is 2.88. The van der Waals surface area contributed by atoms with E-state index in [0.29, 0.717) is 5.02 Å². The molecule has 0 amide bonds. The number of fused-ring (bicyclic) bond motifs is 1. The molecular formula is C15H12Br2ClNO. The van der Waals surface area contributed by atoms with E-state index in [2.05, 4.69) is 49.3 Å². The molecule has 2 aromatic rings. The Hall–Kier alpha value is -0.710. The molecule has 0 saturated heterocycles. The Labute approximate surface area is 139 Å². The molecule has 20 heavy (non-hydrogen) atoms. The molecule has 0 aliphatic carbocycles. The third-order valence-corrected chi connectivity index (χ3v) is 4.90. The number of rotatable bonds is 3. The van der Waals surface area contributed by atoms with Crippen molar-refractivity contribution in [1.82, 2.24) is 0 Å². The van der Waals surface area contributed by atoms with E-state index >= 15 is 0 Å². The number of anilines is 1. The maximum atomic E-state index is 5.99. The molecule has 1 N–H and O–H groups in total. The van der Waals surface area contributed by atoms with E-state index in [9.17, 15) is 0 Å². The van der Waals surface area contributed by atoms with Crippen LogP contribution in [0.2, 0.25) is 5.02 Å². The second-order valence-electron chi connectivity index (χ2n) is 4.63. The fraction of sp³-hybridized carbons (Fsp3) is 0.200. The maximum Gasteiger partial charge on any atom is 0.127 e. The third-order valence-electron chi connectivity index (χ3n) is 3.23. The summed E-state index contributed by atoms with van der Waals surface area (Å²) < 4.78 is 7.71. The van der Waals surface area contributed by atoms with Gasteiger partial charge in [-0.25, -0.2) is 0 Å². The second-order valence-corrected chi connectivity index (χ2v) is 6.81. The van der Waals surface area contributed by atoms with E-state index in [0.717, 1.165) is 45.5 Å². The van der Waals surface area contributed by atoms with Crippen LogP contribution in [0.25, 0.3) is 0 Å². The molecule has 0 radical (unpaired) electrons. The van der Waals surface area contributed by atoms with Crippen molar-refractivity contribution in [3.63, 3.8) is 0 Å². The van der Waals surface area contributed by atoms with Gasteiger partial charge in [0.2, 0.25) is 0 Å². The maximum absolute atomic E-state index is 5.99. The van der Waals surface area contributed by atoms with Gasteiger partial charge in [0, 0.05) is 33.2 Å². The molecule has 2 aromatic carbocycles. The van der Waals surface area contributed by atoms with Crippen LogP contribution in [0.5, 0.6) is 5.75 Å². The summed E-state index contributed by atoms with van der Waals surface area (Å²) in [5.41, 5.74) is 3.46. The van der Waals surface area contributed by atoms with Gasteiger partial charge in [-0.05, 0) is 51.8 Å². The highest BCUT2D eigenvalue weighted by Gasteiger charge is 2.17. The molecule has 0 unspecified atom stereocenters. The van der Waals surface area contributed by atoms with Crippen LogP contribution in [0.4, 0.5) is 5.69 Å². The molecule has 1 aliphatic heterocycles. The van der Waals surface area contributed by atoms with Crippen LogP contribution in [0.15, 0.2) is 39.3 Å². The predicted octanol–water partition coefficient (Wildman–Crippen LogP) is 5.41. The molecule has 0 aromatic heterocycles. The Morgan fingerprint density at radius 1 is 1.20 bits per heavy atom. The summed E-state index contributed by atoms with van der Waals surface area (Å²) in [6.45, 7) is 1.49. The Morgan fingerprint density at radius 3 is 2.85 bits per heavy atom. The first kappa shape index (κ1) is 14.2. The lowest BCUT2D eigenvalue weighted by atomic mass is 10.1. The van der Waals surface area contributed by atoms with E-state index in [1.54, 1.807) is 0 Å². The lowest BCUT2D eigenvalue weighted by Crippen LogP contribution is -2.01. The van der Waals surface area contributed by atoms with Crippen LogP contribution < -0.4 is 10.1 Å². The van der Waals surface area contributed by atoms with Gasteiger partial charge in [-0.15, -0.1) is 0 Å². The van der Waals surface area contributed by atoms with Crippen LogP contribution in [0, 0.1) is 0 Å². The lowest BCUT2D eigenvalue weighted by molar-refractivity contribution is 0.354. The number of benzene rings is 2. The van der Waals surface area contributed by atoms with Crippen molar-refractivity contribution >= 4 is 49.1 Å². The second kappa shape index (κ2) is 5.96. The zero-order valence-corrected chi connectivity index (χ0v) is 14.5. The monoisotopic (exact) mass is 415 g/mol. The number of halogens is 3. The van der Waals surface area contributed by atoms with E-state index in [4.69, 9.17) is 16.3 Å². The van der Waals surface area contributed by atoms with Gasteiger partial charge in [0.05, 0.1) is 11.6 Å². The smallest absolute Gasteiger partial charge is 0.127 e. The topological polar surface area (TPSA) is 21.3 Å². The summed E-state index contributed by atoms with van der Waals surface area (Å²) in [5.74, 6) is 1.02. The van der Waals surface area contributed by atoms with E-state index < -0.39 is 0 Å². The minimum Gasteiger partial charge on any atom is -0.493 e. The number of nitrogens with one attached hydrogen (secondary N) is 1. The Kier molecular flexibility index (Phi) is 4.24. The van der Waals surface area contributed by atoms with Crippen molar-refractivity contribution in [3.8, 4) is 5.75 Å². The normalized spacial score (nSPS) is 12.9. The van der Waals surface area contributed by atoms with Gasteiger partial charge in [0.15, 0.2) is 0 Å². The highest BCUT2D eigenvalue weighted by atomic mass is 79.9. The quantitative estimate of drug-likeness (QED) is 0.721. The average molecular weight is 418 g/mol. The standard InChI is InChI=1S/C15H12Br2ClNO/c16-11-5-9-3-4-20-15(9)10(6-11)8-19-12-1-2-14(18)13(17)7-12/h1-2,5-7,19H,3-4,8H2. The first-order valence-corrected chi connectivity index (χ1v) is 8.23. The molecule has 3 rings (SSSR count). The largest absolute Gasteiger partial charge is 0.493 e. The summed E-state index contributed by atoms with van der Waals surface area (Å²) in [4.78, 5) is 0. The van der Waals surface area contributed by atoms with Gasteiger partial charge in [0.1, 0.15) is 5.75 Å². The van der Waals surface area contributed by atoms with Gasteiger partial charge in [-0.1, -0.05) is 27.5 Å². The molecule has 0 spiro atoms. The SMILES string of the molecule is Clc1ccc(NCc2cc(Br)cc3c2OCC3)cc1Br. The van der Waals surface area contributed by atoms with E-state index in [1.807, 2.05) is 18.2 Å². The molecule has 2 nitrogen and oxygen atoms in total. The number of hydrogen-bond donors (Lipinski definition) is 1.